The number of carbonyl (C=O) groups excluding carboxylic acids is 2. The number of amides is 3. The number of carbonyl (C=O) groups is 2. The summed E-state index contributed by atoms with van der Waals surface area (Å²) in [5, 5.41) is 9.31. The molecule has 3 aromatic rings. The number of hydrogen-bond acceptors (Lipinski definition) is 4. The second kappa shape index (κ2) is 8.46. The molecule has 138 valence electrons. The van der Waals surface area contributed by atoms with Gasteiger partial charge in [0.15, 0.2) is 0 Å². The Balaban J connectivity index is 1.56. The molecule has 3 amide bonds. The summed E-state index contributed by atoms with van der Waals surface area (Å²) in [6, 6.07) is 14.6. The summed E-state index contributed by atoms with van der Waals surface area (Å²) in [6.07, 6.45) is 1.57. The molecule has 0 unspecified atom stereocenters. The fourth-order valence-corrected chi connectivity index (χ4v) is 3.21. The Kier molecular flexibility index (Phi) is 5.83. The summed E-state index contributed by atoms with van der Waals surface area (Å²) in [7, 11) is 0. The highest BCUT2D eigenvalue weighted by atomic mass is 32.1. The van der Waals surface area contributed by atoms with E-state index in [4.69, 9.17) is 0 Å². The normalized spacial score (nSPS) is 10.3. The van der Waals surface area contributed by atoms with E-state index in [1.54, 1.807) is 12.3 Å². The molecule has 1 aromatic heterocycles. The van der Waals surface area contributed by atoms with Crippen LogP contribution in [0, 0.1) is 13.8 Å². The molecule has 0 saturated heterocycles. The molecule has 0 spiro atoms. The molecule has 0 radical (unpaired) electrons. The summed E-state index contributed by atoms with van der Waals surface area (Å²) in [4.78, 5) is 28.9. The van der Waals surface area contributed by atoms with Crippen molar-refractivity contribution in [3.8, 4) is 0 Å². The van der Waals surface area contributed by atoms with Crippen molar-refractivity contribution in [2.45, 2.75) is 20.4 Å². The van der Waals surface area contributed by atoms with E-state index in [9.17, 15) is 9.59 Å². The quantitative estimate of drug-likeness (QED) is 0.616. The van der Waals surface area contributed by atoms with E-state index in [1.807, 2.05) is 56.3 Å². The van der Waals surface area contributed by atoms with Crippen molar-refractivity contribution >= 4 is 34.6 Å². The van der Waals surface area contributed by atoms with Gasteiger partial charge in [0, 0.05) is 17.9 Å². The molecule has 7 heteroatoms. The van der Waals surface area contributed by atoms with Gasteiger partial charge in [-0.1, -0.05) is 24.3 Å². The lowest BCUT2D eigenvalue weighted by Gasteiger charge is -2.10. The van der Waals surface area contributed by atoms with Gasteiger partial charge in [-0.15, -0.1) is 11.3 Å². The van der Waals surface area contributed by atoms with Gasteiger partial charge in [0.2, 0.25) is 0 Å². The number of hydrogen-bond donors (Lipinski definition) is 3. The number of nitrogens with zero attached hydrogens (tertiary/aromatic N) is 1. The van der Waals surface area contributed by atoms with Gasteiger partial charge in [0.05, 0.1) is 11.2 Å². The van der Waals surface area contributed by atoms with Crippen LogP contribution in [0.25, 0.3) is 0 Å². The van der Waals surface area contributed by atoms with Gasteiger partial charge >= 0.3 is 6.03 Å². The summed E-state index contributed by atoms with van der Waals surface area (Å²) < 4.78 is 0. The van der Waals surface area contributed by atoms with Gasteiger partial charge < -0.3 is 16.0 Å². The van der Waals surface area contributed by atoms with E-state index in [1.165, 1.54) is 11.3 Å². The minimum atomic E-state index is -0.318. The SMILES string of the molecule is Cc1cccc(NC(=O)Nc2cccc(CNC(=O)c3cnc(C)s3)c2)c1. The van der Waals surface area contributed by atoms with Gasteiger partial charge in [0.25, 0.3) is 5.91 Å². The van der Waals surface area contributed by atoms with E-state index in [0.717, 1.165) is 21.8 Å². The minimum Gasteiger partial charge on any atom is -0.347 e. The topological polar surface area (TPSA) is 83.1 Å². The van der Waals surface area contributed by atoms with Crippen molar-refractivity contribution in [3.63, 3.8) is 0 Å². The Bertz CT molecular complexity index is 968. The molecule has 0 saturated carbocycles. The monoisotopic (exact) mass is 380 g/mol. The van der Waals surface area contributed by atoms with E-state index in [0.29, 0.717) is 17.1 Å². The van der Waals surface area contributed by atoms with Crippen LogP contribution in [-0.4, -0.2) is 16.9 Å². The van der Waals surface area contributed by atoms with Crippen molar-refractivity contribution in [2.24, 2.45) is 0 Å². The number of anilines is 2. The first-order chi connectivity index (χ1) is 13.0. The first-order valence-electron chi connectivity index (χ1n) is 8.44. The van der Waals surface area contributed by atoms with Crippen LogP contribution in [0.4, 0.5) is 16.2 Å². The maximum absolute atomic E-state index is 12.2. The molecule has 0 aliphatic carbocycles. The third kappa shape index (κ3) is 5.39. The molecule has 0 fully saturated rings. The number of urea groups is 1. The van der Waals surface area contributed by atoms with Crippen molar-refractivity contribution in [1.82, 2.24) is 10.3 Å². The Morgan fingerprint density at radius 1 is 1.00 bits per heavy atom. The molecule has 0 bridgehead atoms. The second-order valence-electron chi connectivity index (χ2n) is 6.08. The molecule has 3 N–H and O–H groups in total. The molecule has 2 aromatic carbocycles. The molecule has 1 heterocycles. The fourth-order valence-electron chi connectivity index (χ4n) is 2.51. The van der Waals surface area contributed by atoms with Crippen LogP contribution < -0.4 is 16.0 Å². The molecule has 6 nitrogen and oxygen atoms in total. The smallest absolute Gasteiger partial charge is 0.323 e. The van der Waals surface area contributed by atoms with Crippen molar-refractivity contribution in [3.05, 3.63) is 75.7 Å². The standard InChI is InChI=1S/C20H20N4O2S/c1-13-5-3-7-16(9-13)23-20(26)24-17-8-4-6-15(10-17)11-22-19(25)18-12-21-14(2)27-18/h3-10,12H,11H2,1-2H3,(H,22,25)(H2,23,24,26). The van der Waals surface area contributed by atoms with Gasteiger partial charge in [-0.2, -0.15) is 0 Å². The van der Waals surface area contributed by atoms with E-state index >= 15 is 0 Å². The molecule has 0 aliphatic heterocycles. The summed E-state index contributed by atoms with van der Waals surface area (Å²) >= 11 is 1.36. The van der Waals surface area contributed by atoms with Crippen molar-refractivity contribution < 1.29 is 9.59 Å². The Morgan fingerprint density at radius 2 is 1.70 bits per heavy atom. The fraction of sp³-hybridized carbons (Fsp3) is 0.150. The van der Waals surface area contributed by atoms with Crippen LogP contribution in [0.2, 0.25) is 0 Å². The van der Waals surface area contributed by atoms with Crippen LogP contribution in [-0.2, 0) is 6.54 Å². The largest absolute Gasteiger partial charge is 0.347 e. The number of aromatic nitrogens is 1. The van der Waals surface area contributed by atoms with Crippen LogP contribution in [0.1, 0.15) is 25.8 Å². The molecule has 0 atom stereocenters. The average Bonchev–Trinajstić information content (AvgIpc) is 3.06. The molecular formula is C20H20N4O2S. The summed E-state index contributed by atoms with van der Waals surface area (Å²) in [5.41, 5.74) is 3.34. The predicted octanol–water partition coefficient (Wildman–Crippen LogP) is 4.33. The van der Waals surface area contributed by atoms with Gasteiger partial charge in [-0.3, -0.25) is 4.79 Å². The maximum atomic E-state index is 12.2. The molecule has 3 rings (SSSR count). The lowest BCUT2D eigenvalue weighted by Crippen LogP contribution is -2.22. The first kappa shape index (κ1) is 18.6. The lowest BCUT2D eigenvalue weighted by atomic mass is 10.2. The highest BCUT2D eigenvalue weighted by Gasteiger charge is 2.09. The third-order valence-corrected chi connectivity index (χ3v) is 4.67. The minimum absolute atomic E-state index is 0.156. The van der Waals surface area contributed by atoms with Crippen LogP contribution in [0.15, 0.2) is 54.7 Å². The van der Waals surface area contributed by atoms with Crippen molar-refractivity contribution in [2.75, 3.05) is 10.6 Å². The zero-order valence-corrected chi connectivity index (χ0v) is 15.9. The third-order valence-electron chi connectivity index (χ3n) is 3.76. The van der Waals surface area contributed by atoms with Crippen molar-refractivity contribution in [1.29, 1.82) is 0 Å². The zero-order valence-electron chi connectivity index (χ0n) is 15.1. The number of thiazole rings is 1. The lowest BCUT2D eigenvalue weighted by molar-refractivity contribution is 0.0954. The van der Waals surface area contributed by atoms with E-state index in [-0.39, 0.29) is 11.9 Å². The second-order valence-corrected chi connectivity index (χ2v) is 7.31. The zero-order chi connectivity index (χ0) is 19.2. The molecule has 0 aliphatic rings. The summed E-state index contributed by atoms with van der Waals surface area (Å²) in [5.74, 6) is -0.156. The maximum Gasteiger partial charge on any atom is 0.323 e. The van der Waals surface area contributed by atoms with E-state index in [2.05, 4.69) is 20.9 Å². The van der Waals surface area contributed by atoms with Gasteiger partial charge in [0.1, 0.15) is 4.88 Å². The van der Waals surface area contributed by atoms with E-state index < -0.39 is 0 Å². The Morgan fingerprint density at radius 3 is 2.37 bits per heavy atom. The number of nitrogens with one attached hydrogen (secondary N) is 3. The van der Waals surface area contributed by atoms with Crippen LogP contribution in [0.3, 0.4) is 0 Å². The molecular weight excluding hydrogens is 360 g/mol. The first-order valence-corrected chi connectivity index (χ1v) is 9.25. The Labute approximate surface area is 161 Å². The number of benzene rings is 2. The predicted molar refractivity (Wildman–Crippen MR) is 108 cm³/mol. The number of rotatable bonds is 5. The van der Waals surface area contributed by atoms with Gasteiger partial charge in [-0.25, -0.2) is 9.78 Å². The van der Waals surface area contributed by atoms with Gasteiger partial charge in [-0.05, 0) is 49.2 Å². The Hall–Kier alpha value is -3.19. The van der Waals surface area contributed by atoms with Crippen LogP contribution >= 0.6 is 11.3 Å². The molecule has 27 heavy (non-hydrogen) atoms. The summed E-state index contributed by atoms with van der Waals surface area (Å²) in [6.45, 7) is 4.19. The highest BCUT2D eigenvalue weighted by molar-refractivity contribution is 7.13. The van der Waals surface area contributed by atoms with Crippen LogP contribution in [0.5, 0.6) is 0 Å². The number of aryl methyl sites for hydroxylation is 2. The average molecular weight is 380 g/mol. The highest BCUT2D eigenvalue weighted by Crippen LogP contribution is 2.14.